The van der Waals surface area contributed by atoms with Gasteiger partial charge in [0, 0.05) is 28.3 Å². The van der Waals surface area contributed by atoms with Crippen LogP contribution in [0.4, 0.5) is 5.69 Å². The van der Waals surface area contributed by atoms with Gasteiger partial charge < -0.3 is 14.4 Å². The van der Waals surface area contributed by atoms with E-state index in [9.17, 15) is 4.79 Å². The molecule has 2 aromatic carbocycles. The lowest BCUT2D eigenvalue weighted by molar-refractivity contribution is -0.0441. The molecule has 0 aromatic heterocycles. The molecule has 0 radical (unpaired) electrons. The van der Waals surface area contributed by atoms with Gasteiger partial charge in [0.2, 0.25) is 0 Å². The topological polar surface area (TPSA) is 38.8 Å². The number of rotatable bonds is 3. The average Bonchev–Trinajstić information content (AvgIpc) is 3.08. The minimum atomic E-state index is -0.373. The van der Waals surface area contributed by atoms with Crippen LogP contribution in [0, 0.1) is 6.92 Å². The zero-order valence-corrected chi connectivity index (χ0v) is 14.7. The molecular formula is C18H18BrNO3. The van der Waals surface area contributed by atoms with Crippen LogP contribution in [-0.4, -0.2) is 26.2 Å². The molecule has 0 N–H and O–H groups in total. The van der Waals surface area contributed by atoms with Gasteiger partial charge in [0.15, 0.2) is 6.29 Å². The van der Waals surface area contributed by atoms with Gasteiger partial charge in [-0.2, -0.15) is 0 Å². The number of nitrogens with zero attached hydrogens (tertiary/aromatic N) is 1. The van der Waals surface area contributed by atoms with E-state index in [1.807, 2.05) is 49.4 Å². The van der Waals surface area contributed by atoms with Crippen molar-refractivity contribution in [3.8, 4) is 0 Å². The first kappa shape index (κ1) is 16.2. The first-order chi connectivity index (χ1) is 11.1. The Kier molecular flexibility index (Phi) is 4.80. The molecule has 0 unspecified atom stereocenters. The predicted molar refractivity (Wildman–Crippen MR) is 92.7 cm³/mol. The monoisotopic (exact) mass is 375 g/mol. The summed E-state index contributed by atoms with van der Waals surface area (Å²) in [5, 5.41) is 0. The first-order valence-corrected chi connectivity index (χ1v) is 8.23. The summed E-state index contributed by atoms with van der Waals surface area (Å²) in [7, 11) is 1.79. The van der Waals surface area contributed by atoms with Gasteiger partial charge in [-0.05, 0) is 42.8 Å². The number of carbonyl (C=O) groups excluding carboxylic acids is 1. The van der Waals surface area contributed by atoms with E-state index in [1.54, 1.807) is 11.9 Å². The number of hydrogen-bond donors (Lipinski definition) is 0. The van der Waals surface area contributed by atoms with Crippen LogP contribution in [-0.2, 0) is 9.47 Å². The standard InChI is InChI=1S/C18H18BrNO3/c1-12-10-15(19)6-7-16(12)20(2)17(21)13-4-3-5-14(11-13)18-22-8-9-23-18/h3-7,10-11,18H,8-9H2,1-2H3. The van der Waals surface area contributed by atoms with Gasteiger partial charge in [-0.3, -0.25) is 4.79 Å². The van der Waals surface area contributed by atoms with Gasteiger partial charge in [0.25, 0.3) is 5.91 Å². The molecule has 0 atom stereocenters. The van der Waals surface area contributed by atoms with Gasteiger partial charge in [-0.1, -0.05) is 28.1 Å². The van der Waals surface area contributed by atoms with Gasteiger partial charge >= 0.3 is 0 Å². The minimum Gasteiger partial charge on any atom is -0.346 e. The summed E-state index contributed by atoms with van der Waals surface area (Å²) in [5.74, 6) is -0.0599. The van der Waals surface area contributed by atoms with Crippen LogP contribution >= 0.6 is 15.9 Å². The fraction of sp³-hybridized carbons (Fsp3) is 0.278. The third-order valence-corrected chi connectivity index (χ3v) is 4.35. The zero-order valence-electron chi connectivity index (χ0n) is 13.1. The van der Waals surface area contributed by atoms with E-state index in [0.29, 0.717) is 18.8 Å². The Hall–Kier alpha value is -1.69. The van der Waals surface area contributed by atoms with Crippen molar-refractivity contribution in [1.29, 1.82) is 0 Å². The predicted octanol–water partition coefficient (Wildman–Crippen LogP) is 4.08. The summed E-state index contributed by atoms with van der Waals surface area (Å²) in [6.07, 6.45) is -0.373. The van der Waals surface area contributed by atoms with E-state index in [2.05, 4.69) is 15.9 Å². The maximum Gasteiger partial charge on any atom is 0.258 e. The highest BCUT2D eigenvalue weighted by atomic mass is 79.9. The summed E-state index contributed by atoms with van der Waals surface area (Å²) in [5.41, 5.74) is 3.41. The largest absolute Gasteiger partial charge is 0.346 e. The number of amides is 1. The second-order valence-electron chi connectivity index (χ2n) is 5.49. The number of halogens is 1. The van der Waals surface area contributed by atoms with Crippen molar-refractivity contribution in [1.82, 2.24) is 0 Å². The number of carbonyl (C=O) groups is 1. The maximum absolute atomic E-state index is 12.8. The molecule has 3 rings (SSSR count). The Morgan fingerprint density at radius 2 is 1.91 bits per heavy atom. The molecule has 0 saturated carbocycles. The van der Waals surface area contributed by atoms with Gasteiger partial charge in [-0.25, -0.2) is 0 Å². The van der Waals surface area contributed by atoms with Gasteiger partial charge in [0.1, 0.15) is 0 Å². The molecule has 120 valence electrons. The SMILES string of the molecule is Cc1cc(Br)ccc1N(C)C(=O)c1cccc(C2OCCO2)c1. The van der Waals surface area contributed by atoms with Crippen LogP contribution in [0.3, 0.4) is 0 Å². The molecule has 5 heteroatoms. The van der Waals surface area contributed by atoms with E-state index >= 15 is 0 Å². The van der Waals surface area contributed by atoms with Crippen LogP contribution in [0.1, 0.15) is 27.8 Å². The summed E-state index contributed by atoms with van der Waals surface area (Å²) in [6, 6.07) is 13.3. The molecule has 2 aromatic rings. The summed E-state index contributed by atoms with van der Waals surface area (Å²) in [4.78, 5) is 14.4. The van der Waals surface area contributed by atoms with E-state index in [-0.39, 0.29) is 12.2 Å². The Morgan fingerprint density at radius 3 is 2.61 bits per heavy atom. The van der Waals surface area contributed by atoms with E-state index in [0.717, 1.165) is 21.3 Å². The molecular weight excluding hydrogens is 358 g/mol. The van der Waals surface area contributed by atoms with Crippen LogP contribution in [0.2, 0.25) is 0 Å². The van der Waals surface area contributed by atoms with Crippen LogP contribution < -0.4 is 4.90 Å². The van der Waals surface area contributed by atoms with Crippen LogP contribution in [0.25, 0.3) is 0 Å². The highest BCUT2D eigenvalue weighted by Gasteiger charge is 2.21. The molecule has 0 aliphatic carbocycles. The highest BCUT2D eigenvalue weighted by Crippen LogP contribution is 2.27. The summed E-state index contributed by atoms with van der Waals surface area (Å²) < 4.78 is 12.0. The third kappa shape index (κ3) is 3.47. The normalized spacial score (nSPS) is 14.9. The summed E-state index contributed by atoms with van der Waals surface area (Å²) in [6.45, 7) is 3.15. The Balaban J connectivity index is 1.86. The molecule has 1 heterocycles. The molecule has 1 fully saturated rings. The van der Waals surface area contributed by atoms with Crippen molar-refractivity contribution in [3.63, 3.8) is 0 Å². The second-order valence-corrected chi connectivity index (χ2v) is 6.41. The number of aryl methyl sites for hydroxylation is 1. The van der Waals surface area contributed by atoms with E-state index in [1.165, 1.54) is 0 Å². The van der Waals surface area contributed by atoms with Crippen molar-refractivity contribution in [3.05, 3.63) is 63.6 Å². The van der Waals surface area contributed by atoms with E-state index in [4.69, 9.17) is 9.47 Å². The Bertz CT molecular complexity index is 726. The molecule has 1 aliphatic heterocycles. The number of ether oxygens (including phenoxy) is 2. The molecule has 4 nitrogen and oxygen atoms in total. The zero-order chi connectivity index (χ0) is 16.4. The fourth-order valence-corrected chi connectivity index (χ4v) is 3.14. The molecule has 0 spiro atoms. The molecule has 23 heavy (non-hydrogen) atoms. The second kappa shape index (κ2) is 6.83. The van der Waals surface area contributed by atoms with Crippen molar-refractivity contribution in [2.24, 2.45) is 0 Å². The van der Waals surface area contributed by atoms with Crippen LogP contribution in [0.15, 0.2) is 46.9 Å². The van der Waals surface area contributed by atoms with E-state index < -0.39 is 0 Å². The van der Waals surface area contributed by atoms with Crippen molar-refractivity contribution in [2.75, 3.05) is 25.2 Å². The highest BCUT2D eigenvalue weighted by molar-refractivity contribution is 9.10. The lowest BCUT2D eigenvalue weighted by atomic mass is 10.1. The van der Waals surface area contributed by atoms with Crippen LogP contribution in [0.5, 0.6) is 0 Å². The van der Waals surface area contributed by atoms with Gasteiger partial charge in [0.05, 0.1) is 13.2 Å². The minimum absolute atomic E-state index is 0.0599. The van der Waals surface area contributed by atoms with Crippen molar-refractivity contribution >= 4 is 27.5 Å². The molecule has 0 bridgehead atoms. The smallest absolute Gasteiger partial charge is 0.258 e. The molecule has 1 saturated heterocycles. The fourth-order valence-electron chi connectivity index (χ4n) is 2.67. The first-order valence-electron chi connectivity index (χ1n) is 7.43. The lowest BCUT2D eigenvalue weighted by Gasteiger charge is -2.20. The Labute approximate surface area is 144 Å². The number of anilines is 1. The molecule has 1 amide bonds. The third-order valence-electron chi connectivity index (χ3n) is 3.85. The summed E-state index contributed by atoms with van der Waals surface area (Å²) >= 11 is 3.44. The lowest BCUT2D eigenvalue weighted by Crippen LogP contribution is -2.27. The number of hydrogen-bond acceptors (Lipinski definition) is 3. The van der Waals surface area contributed by atoms with Crippen molar-refractivity contribution < 1.29 is 14.3 Å². The quantitative estimate of drug-likeness (QED) is 0.811. The maximum atomic E-state index is 12.8. The number of benzene rings is 2. The molecule has 1 aliphatic rings. The van der Waals surface area contributed by atoms with Gasteiger partial charge in [-0.15, -0.1) is 0 Å². The Morgan fingerprint density at radius 1 is 1.17 bits per heavy atom. The average molecular weight is 376 g/mol. The van der Waals surface area contributed by atoms with Crippen molar-refractivity contribution in [2.45, 2.75) is 13.2 Å².